The maximum Gasteiger partial charge on any atom is 0.457 e. The molecule has 2 atom stereocenters. The second-order valence-corrected chi connectivity index (χ2v) is 8.96. The smallest absolute Gasteiger partial charge is 0.457 e. The molecule has 2 saturated heterocycles. The molecule has 28 heavy (non-hydrogen) atoms. The van der Waals surface area contributed by atoms with Gasteiger partial charge in [-0.1, -0.05) is 6.42 Å². The van der Waals surface area contributed by atoms with Crippen molar-refractivity contribution in [2.45, 2.75) is 63.6 Å². The number of carboxylic acids is 1. The van der Waals surface area contributed by atoms with E-state index in [2.05, 4.69) is 0 Å². The first-order valence-corrected chi connectivity index (χ1v) is 9.52. The number of hydrogen-bond donors (Lipinski definition) is 3. The van der Waals surface area contributed by atoms with Crippen LogP contribution < -0.4 is 27.2 Å². The van der Waals surface area contributed by atoms with Gasteiger partial charge >= 0.3 is 13.1 Å². The van der Waals surface area contributed by atoms with Gasteiger partial charge in [0.25, 0.3) is 10.9 Å². The molecule has 0 radical (unpaired) electrons. The predicted octanol–water partition coefficient (Wildman–Crippen LogP) is -0.0445. The van der Waals surface area contributed by atoms with E-state index in [0.717, 1.165) is 0 Å². The van der Waals surface area contributed by atoms with Gasteiger partial charge in [-0.15, -0.1) is 0 Å². The van der Waals surface area contributed by atoms with Crippen LogP contribution in [0.4, 0.5) is 11.4 Å². The number of nitrogens with two attached hydrogens (primary N) is 2. The lowest BCUT2D eigenvalue weighted by atomic mass is 9.78. The minimum absolute atomic E-state index is 0.0570. The molecule has 0 aliphatic carbocycles. The number of anilines is 2. The van der Waals surface area contributed by atoms with Crippen molar-refractivity contribution in [1.82, 2.24) is 0 Å². The summed E-state index contributed by atoms with van der Waals surface area (Å²) in [6.45, 7) is 8.12. The highest BCUT2D eigenvalue weighted by Crippen LogP contribution is 2.39. The molecule has 2 aliphatic rings. The standard InChI is InChI=1S/C18H28BN3O6/c1-16(2)17(3,4)28-19(27-16)7-5-6-10-8-22(9-18(10,21)15(25)26)12-11(20)13(23)14(12)24/h10H,5-9,20-21H2,1-4H3,(H,25,26)/t10-,18-/m0/s1. The van der Waals surface area contributed by atoms with Gasteiger partial charge in [0.15, 0.2) is 0 Å². The van der Waals surface area contributed by atoms with Crippen LogP contribution >= 0.6 is 0 Å². The Morgan fingerprint density at radius 2 is 1.79 bits per heavy atom. The van der Waals surface area contributed by atoms with Crippen LogP contribution in [0.5, 0.6) is 0 Å². The number of nitrogen functional groups attached to an aromatic ring is 1. The van der Waals surface area contributed by atoms with Crippen molar-refractivity contribution in [3.63, 3.8) is 0 Å². The summed E-state index contributed by atoms with van der Waals surface area (Å²) in [7, 11) is -0.358. The second-order valence-electron chi connectivity index (χ2n) is 8.96. The predicted molar refractivity (Wildman–Crippen MR) is 106 cm³/mol. The number of carboxylic acid groups (broad SMARTS) is 1. The molecule has 2 aliphatic heterocycles. The molecule has 0 amide bonds. The third-order valence-corrected chi connectivity index (χ3v) is 6.55. The van der Waals surface area contributed by atoms with E-state index in [1.54, 1.807) is 0 Å². The van der Waals surface area contributed by atoms with Crippen LogP contribution in [-0.4, -0.2) is 48.0 Å². The normalized spacial score (nSPS) is 29.0. The fourth-order valence-electron chi connectivity index (χ4n) is 4.02. The van der Waals surface area contributed by atoms with Crippen LogP contribution in [-0.2, 0) is 14.1 Å². The van der Waals surface area contributed by atoms with E-state index in [0.29, 0.717) is 19.2 Å². The molecule has 1 aromatic carbocycles. The minimum atomic E-state index is -1.51. The molecule has 2 heterocycles. The molecule has 0 unspecified atom stereocenters. The summed E-state index contributed by atoms with van der Waals surface area (Å²) in [4.78, 5) is 36.6. The zero-order valence-electron chi connectivity index (χ0n) is 16.8. The maximum atomic E-state index is 11.8. The van der Waals surface area contributed by atoms with Gasteiger partial charge in [0.2, 0.25) is 0 Å². The lowest BCUT2D eigenvalue weighted by molar-refractivity contribution is -0.144. The van der Waals surface area contributed by atoms with Crippen LogP contribution in [0.1, 0.15) is 40.5 Å². The Morgan fingerprint density at radius 1 is 1.21 bits per heavy atom. The molecular weight excluding hydrogens is 365 g/mol. The number of hydrogen-bond acceptors (Lipinski definition) is 8. The summed E-state index contributed by atoms with van der Waals surface area (Å²) in [5.74, 6) is -1.52. The fourth-order valence-corrected chi connectivity index (χ4v) is 4.02. The summed E-state index contributed by atoms with van der Waals surface area (Å²) in [5, 5.41) is 9.66. The third kappa shape index (κ3) is 3.13. The Kier molecular flexibility index (Phi) is 4.88. The average molecular weight is 393 g/mol. The molecule has 1 aromatic rings. The zero-order chi connectivity index (χ0) is 21.1. The quantitative estimate of drug-likeness (QED) is 0.447. The van der Waals surface area contributed by atoms with Crippen LogP contribution in [0.25, 0.3) is 0 Å². The molecule has 154 valence electrons. The van der Waals surface area contributed by atoms with Gasteiger partial charge in [-0.2, -0.15) is 0 Å². The molecule has 0 aromatic heterocycles. The molecule has 0 spiro atoms. The molecule has 0 bridgehead atoms. The first kappa shape index (κ1) is 20.8. The van der Waals surface area contributed by atoms with Crippen LogP contribution in [0.2, 0.25) is 6.32 Å². The molecule has 0 saturated carbocycles. The van der Waals surface area contributed by atoms with Crippen LogP contribution in [0.3, 0.4) is 0 Å². The monoisotopic (exact) mass is 393 g/mol. The highest BCUT2D eigenvalue weighted by atomic mass is 16.7. The number of rotatable bonds is 6. The van der Waals surface area contributed by atoms with Crippen molar-refractivity contribution < 1.29 is 19.2 Å². The Bertz CT molecular complexity index is 846. The molecule has 2 fully saturated rings. The van der Waals surface area contributed by atoms with Gasteiger partial charge in [0.05, 0.1) is 11.2 Å². The highest BCUT2D eigenvalue weighted by Gasteiger charge is 2.52. The first-order chi connectivity index (χ1) is 12.8. The number of nitrogens with zero attached hydrogens (tertiary/aromatic N) is 1. The van der Waals surface area contributed by atoms with Gasteiger partial charge in [0, 0.05) is 19.0 Å². The van der Waals surface area contributed by atoms with Gasteiger partial charge in [-0.05, 0) is 40.4 Å². The van der Waals surface area contributed by atoms with Crippen LogP contribution in [0.15, 0.2) is 9.59 Å². The molecule has 10 heteroatoms. The molecule has 3 rings (SSSR count). The molecular formula is C18H28BN3O6. The van der Waals surface area contributed by atoms with Crippen molar-refractivity contribution in [2.24, 2.45) is 11.7 Å². The minimum Gasteiger partial charge on any atom is -0.480 e. The largest absolute Gasteiger partial charge is 0.480 e. The second kappa shape index (κ2) is 6.57. The highest BCUT2D eigenvalue weighted by molar-refractivity contribution is 6.45. The van der Waals surface area contributed by atoms with Crippen molar-refractivity contribution in [3.8, 4) is 0 Å². The van der Waals surface area contributed by atoms with Gasteiger partial charge in [0.1, 0.15) is 16.9 Å². The number of aliphatic carboxylic acids is 1. The maximum absolute atomic E-state index is 11.8. The summed E-state index contributed by atoms with van der Waals surface area (Å²) in [6.07, 6.45) is 1.79. The van der Waals surface area contributed by atoms with Gasteiger partial charge in [-0.25, -0.2) is 0 Å². The van der Waals surface area contributed by atoms with E-state index in [-0.39, 0.29) is 31.6 Å². The third-order valence-electron chi connectivity index (χ3n) is 6.55. The van der Waals surface area contributed by atoms with E-state index in [4.69, 9.17) is 20.8 Å². The summed E-state index contributed by atoms with van der Waals surface area (Å²) in [5.41, 5.74) is 8.05. The molecule has 9 nitrogen and oxygen atoms in total. The van der Waals surface area contributed by atoms with E-state index >= 15 is 0 Å². The summed E-state index contributed by atoms with van der Waals surface area (Å²) in [6, 6.07) is 0. The summed E-state index contributed by atoms with van der Waals surface area (Å²) < 4.78 is 11.9. The first-order valence-electron chi connectivity index (χ1n) is 9.52. The lowest BCUT2D eigenvalue weighted by Gasteiger charge is -2.32. The van der Waals surface area contributed by atoms with E-state index in [1.165, 1.54) is 4.90 Å². The average Bonchev–Trinajstić information content (AvgIpc) is 3.01. The Hall–Kier alpha value is -1.91. The van der Waals surface area contributed by atoms with Crippen molar-refractivity contribution >= 4 is 24.5 Å². The van der Waals surface area contributed by atoms with Crippen molar-refractivity contribution in [2.75, 3.05) is 23.7 Å². The fraction of sp³-hybridized carbons (Fsp3) is 0.722. The van der Waals surface area contributed by atoms with Gasteiger partial charge < -0.3 is 30.8 Å². The van der Waals surface area contributed by atoms with Gasteiger partial charge in [-0.3, -0.25) is 14.4 Å². The topological polar surface area (TPSA) is 145 Å². The SMILES string of the molecule is CC1(C)OB(CCC[C@H]2CN(c3c(N)c(=O)c3=O)C[C@@]2(N)C(=O)O)OC1(C)C. The lowest BCUT2D eigenvalue weighted by Crippen LogP contribution is -2.55. The summed E-state index contributed by atoms with van der Waals surface area (Å²) >= 11 is 0. The van der Waals surface area contributed by atoms with E-state index in [1.807, 2.05) is 27.7 Å². The van der Waals surface area contributed by atoms with Crippen molar-refractivity contribution in [1.29, 1.82) is 0 Å². The Balaban J connectivity index is 1.65. The van der Waals surface area contributed by atoms with E-state index < -0.39 is 39.5 Å². The van der Waals surface area contributed by atoms with Crippen LogP contribution in [0, 0.1) is 5.92 Å². The Morgan fingerprint density at radius 3 is 2.29 bits per heavy atom. The Labute approximate surface area is 163 Å². The van der Waals surface area contributed by atoms with Crippen molar-refractivity contribution in [3.05, 3.63) is 20.4 Å². The van der Waals surface area contributed by atoms with E-state index in [9.17, 15) is 19.5 Å². The zero-order valence-corrected chi connectivity index (χ0v) is 16.8. The molecule has 5 N–H and O–H groups in total. The number of carbonyl (C=O) groups is 1.